The lowest BCUT2D eigenvalue weighted by atomic mass is 10.0. The molecule has 0 aliphatic carbocycles. The van der Waals surface area contributed by atoms with Crippen molar-refractivity contribution in [2.75, 3.05) is 32.8 Å². The van der Waals surface area contributed by atoms with Gasteiger partial charge in [-0.25, -0.2) is 0 Å². The van der Waals surface area contributed by atoms with Gasteiger partial charge in [-0.05, 0) is 79.9 Å². The van der Waals surface area contributed by atoms with Gasteiger partial charge in [-0.2, -0.15) is 0 Å². The molecule has 2 aliphatic heterocycles. The van der Waals surface area contributed by atoms with Gasteiger partial charge in [-0.15, -0.1) is 0 Å². The van der Waals surface area contributed by atoms with Crippen LogP contribution >= 0.6 is 0 Å². The fourth-order valence-corrected chi connectivity index (χ4v) is 4.59. The van der Waals surface area contributed by atoms with Gasteiger partial charge in [0.05, 0.1) is 0 Å². The summed E-state index contributed by atoms with van der Waals surface area (Å²) in [5.41, 5.74) is 5.22. The molecule has 3 heterocycles. The van der Waals surface area contributed by atoms with E-state index in [1.807, 2.05) is 30.3 Å². The fraction of sp³-hybridized carbons (Fsp3) is 0.375. The highest BCUT2D eigenvalue weighted by Gasteiger charge is 2.22. The summed E-state index contributed by atoms with van der Waals surface area (Å²) in [7, 11) is 0. The molecule has 0 unspecified atom stereocenters. The summed E-state index contributed by atoms with van der Waals surface area (Å²) in [6.45, 7) is 4.78. The summed E-state index contributed by atoms with van der Waals surface area (Å²) in [4.78, 5) is 18.4. The van der Waals surface area contributed by atoms with Crippen LogP contribution < -0.4 is 10.1 Å². The summed E-state index contributed by atoms with van der Waals surface area (Å²) >= 11 is 0. The lowest BCUT2D eigenvalue weighted by molar-refractivity contribution is 0.0957. The quantitative estimate of drug-likeness (QED) is 0.694. The van der Waals surface area contributed by atoms with Crippen LogP contribution in [0.4, 0.5) is 0 Å². The maximum atomic E-state index is 12.4. The van der Waals surface area contributed by atoms with Gasteiger partial charge in [0.15, 0.2) is 0 Å². The highest BCUT2D eigenvalue weighted by Crippen LogP contribution is 2.34. The standard InChI is InChI=1S/C24H27N3O2/c28-24-20-5-4-6-21-22(20)19(11-12-25-24)23(26-21)17-7-9-18(10-8-17)29-16-15-27-13-2-1-3-14-27/h4-10,26H,1-3,11-16H2,(H,25,28). The normalized spacial score (nSPS) is 17.2. The largest absolute Gasteiger partial charge is 0.492 e. The molecule has 0 spiro atoms. The predicted molar refractivity (Wildman–Crippen MR) is 116 cm³/mol. The van der Waals surface area contributed by atoms with Crippen LogP contribution in [0.2, 0.25) is 0 Å². The summed E-state index contributed by atoms with van der Waals surface area (Å²) in [6, 6.07) is 14.2. The van der Waals surface area contributed by atoms with Crippen LogP contribution in [0.3, 0.4) is 0 Å². The molecule has 0 radical (unpaired) electrons. The zero-order valence-electron chi connectivity index (χ0n) is 16.7. The van der Waals surface area contributed by atoms with Gasteiger partial charge in [-0.3, -0.25) is 9.69 Å². The maximum Gasteiger partial charge on any atom is 0.251 e. The van der Waals surface area contributed by atoms with Crippen LogP contribution in [0.15, 0.2) is 42.5 Å². The van der Waals surface area contributed by atoms with Crippen molar-refractivity contribution in [2.45, 2.75) is 25.7 Å². The number of benzene rings is 2. The molecule has 29 heavy (non-hydrogen) atoms. The van der Waals surface area contributed by atoms with E-state index in [1.165, 1.54) is 37.9 Å². The molecule has 2 aliphatic rings. The average molecular weight is 389 g/mol. The molecule has 150 valence electrons. The van der Waals surface area contributed by atoms with Gasteiger partial charge in [0.1, 0.15) is 12.4 Å². The minimum Gasteiger partial charge on any atom is -0.492 e. The number of rotatable bonds is 5. The number of amides is 1. The summed E-state index contributed by atoms with van der Waals surface area (Å²) in [6.07, 6.45) is 4.81. The number of hydrogen-bond donors (Lipinski definition) is 2. The minimum absolute atomic E-state index is 0.0114. The number of carbonyl (C=O) groups excluding carboxylic acids is 1. The van der Waals surface area contributed by atoms with E-state index in [0.29, 0.717) is 6.54 Å². The monoisotopic (exact) mass is 389 g/mol. The Morgan fingerprint density at radius 2 is 1.83 bits per heavy atom. The SMILES string of the molecule is O=C1NCCc2c(-c3ccc(OCCN4CCCCC4)cc3)[nH]c3cccc1c23. The number of aromatic nitrogens is 1. The molecule has 0 bridgehead atoms. The zero-order chi connectivity index (χ0) is 19.6. The minimum atomic E-state index is 0.0114. The Labute approximate surface area is 171 Å². The van der Waals surface area contributed by atoms with Gasteiger partial charge in [-0.1, -0.05) is 12.5 Å². The Bertz CT molecular complexity index is 1020. The van der Waals surface area contributed by atoms with Crippen molar-refractivity contribution in [1.82, 2.24) is 15.2 Å². The number of likely N-dealkylation sites (tertiary alicyclic amines) is 1. The topological polar surface area (TPSA) is 57.4 Å². The zero-order valence-corrected chi connectivity index (χ0v) is 16.7. The molecule has 0 atom stereocenters. The lowest BCUT2D eigenvalue weighted by Gasteiger charge is -2.26. The third-order valence-electron chi connectivity index (χ3n) is 6.10. The van der Waals surface area contributed by atoms with Gasteiger partial charge < -0.3 is 15.0 Å². The van der Waals surface area contributed by atoms with E-state index in [0.717, 1.165) is 53.0 Å². The summed E-state index contributed by atoms with van der Waals surface area (Å²) < 4.78 is 5.97. The van der Waals surface area contributed by atoms with Gasteiger partial charge >= 0.3 is 0 Å². The van der Waals surface area contributed by atoms with Gasteiger partial charge in [0.25, 0.3) is 5.91 Å². The van der Waals surface area contributed by atoms with E-state index in [9.17, 15) is 4.79 Å². The van der Waals surface area contributed by atoms with Crippen molar-refractivity contribution in [2.24, 2.45) is 0 Å². The first-order valence-corrected chi connectivity index (χ1v) is 10.7. The van der Waals surface area contributed by atoms with Crippen LogP contribution in [-0.4, -0.2) is 48.6 Å². The lowest BCUT2D eigenvalue weighted by Crippen LogP contribution is -2.33. The molecule has 5 nitrogen and oxygen atoms in total. The molecule has 2 aromatic carbocycles. The highest BCUT2D eigenvalue weighted by molar-refractivity contribution is 6.10. The Kier molecular flexibility index (Phi) is 4.98. The number of hydrogen-bond acceptors (Lipinski definition) is 3. The average Bonchev–Trinajstić information content (AvgIpc) is 3.04. The molecule has 1 aromatic heterocycles. The second kappa shape index (κ2) is 7.91. The van der Waals surface area contributed by atoms with Crippen molar-refractivity contribution >= 4 is 16.8 Å². The van der Waals surface area contributed by atoms with Gasteiger partial charge in [0.2, 0.25) is 0 Å². The Balaban J connectivity index is 1.35. The van der Waals surface area contributed by atoms with Crippen molar-refractivity contribution in [3.8, 4) is 17.0 Å². The van der Waals surface area contributed by atoms with Crippen molar-refractivity contribution in [3.63, 3.8) is 0 Å². The van der Waals surface area contributed by atoms with E-state index in [1.54, 1.807) is 0 Å². The summed E-state index contributed by atoms with van der Waals surface area (Å²) in [5.74, 6) is 0.919. The smallest absolute Gasteiger partial charge is 0.251 e. The second-order valence-corrected chi connectivity index (χ2v) is 7.99. The van der Waals surface area contributed by atoms with Crippen molar-refractivity contribution in [3.05, 3.63) is 53.6 Å². The van der Waals surface area contributed by atoms with Crippen molar-refractivity contribution in [1.29, 1.82) is 0 Å². The van der Waals surface area contributed by atoms with E-state index in [2.05, 4.69) is 27.3 Å². The number of nitrogens with zero attached hydrogens (tertiary/aromatic N) is 1. The molecule has 1 amide bonds. The Hall–Kier alpha value is -2.79. The third-order valence-corrected chi connectivity index (χ3v) is 6.10. The van der Waals surface area contributed by atoms with Crippen molar-refractivity contribution < 1.29 is 9.53 Å². The number of H-pyrrole nitrogens is 1. The molecule has 1 fully saturated rings. The molecule has 2 N–H and O–H groups in total. The molecular weight excluding hydrogens is 362 g/mol. The van der Waals surface area contributed by atoms with E-state index < -0.39 is 0 Å². The van der Waals surface area contributed by atoms with Crippen LogP contribution in [0.1, 0.15) is 35.2 Å². The van der Waals surface area contributed by atoms with Crippen LogP contribution in [-0.2, 0) is 6.42 Å². The molecule has 3 aromatic rings. The highest BCUT2D eigenvalue weighted by atomic mass is 16.5. The fourth-order valence-electron chi connectivity index (χ4n) is 4.59. The third kappa shape index (κ3) is 3.62. The first kappa shape index (κ1) is 18.3. The first-order chi connectivity index (χ1) is 14.3. The number of nitrogens with one attached hydrogen (secondary N) is 2. The maximum absolute atomic E-state index is 12.4. The number of carbonyl (C=O) groups is 1. The van der Waals surface area contributed by atoms with E-state index in [-0.39, 0.29) is 5.91 Å². The van der Waals surface area contributed by atoms with E-state index >= 15 is 0 Å². The number of ether oxygens (including phenoxy) is 1. The molecular formula is C24H27N3O2. The Morgan fingerprint density at radius 1 is 1.00 bits per heavy atom. The predicted octanol–water partition coefficient (Wildman–Crippen LogP) is 3.99. The van der Waals surface area contributed by atoms with Gasteiger partial charge in [0, 0.05) is 35.2 Å². The van der Waals surface area contributed by atoms with E-state index in [4.69, 9.17) is 4.74 Å². The molecule has 5 rings (SSSR count). The molecule has 5 heteroatoms. The summed E-state index contributed by atoms with van der Waals surface area (Å²) in [5, 5.41) is 4.05. The van der Waals surface area contributed by atoms with Crippen LogP contribution in [0.5, 0.6) is 5.75 Å². The second-order valence-electron chi connectivity index (χ2n) is 7.99. The first-order valence-electron chi connectivity index (χ1n) is 10.7. The molecule has 0 saturated carbocycles. The Morgan fingerprint density at radius 3 is 2.66 bits per heavy atom. The van der Waals surface area contributed by atoms with Crippen LogP contribution in [0, 0.1) is 0 Å². The molecule has 1 saturated heterocycles. The number of piperidine rings is 1. The number of aromatic amines is 1. The van der Waals surface area contributed by atoms with Crippen LogP contribution in [0.25, 0.3) is 22.2 Å².